The first-order valence-electron chi connectivity index (χ1n) is 8.04. The lowest BCUT2D eigenvalue weighted by Crippen LogP contribution is -2.39. The van der Waals surface area contributed by atoms with Crippen LogP contribution in [0.15, 0.2) is 42.5 Å². The van der Waals surface area contributed by atoms with Gasteiger partial charge in [-0.25, -0.2) is 0 Å². The number of hydrogen-bond donors (Lipinski definition) is 1. The zero-order valence-corrected chi connectivity index (χ0v) is 13.8. The molecule has 0 unspecified atom stereocenters. The van der Waals surface area contributed by atoms with E-state index in [-0.39, 0.29) is 18.4 Å². The van der Waals surface area contributed by atoms with Crippen LogP contribution in [0.5, 0.6) is 5.75 Å². The van der Waals surface area contributed by atoms with Crippen molar-refractivity contribution in [2.45, 2.75) is 20.3 Å². The van der Waals surface area contributed by atoms with Crippen LogP contribution >= 0.6 is 0 Å². The molecule has 2 aromatic rings. The van der Waals surface area contributed by atoms with Crippen LogP contribution in [0.4, 0.5) is 11.4 Å². The van der Waals surface area contributed by atoms with Gasteiger partial charge < -0.3 is 15.0 Å². The van der Waals surface area contributed by atoms with E-state index in [2.05, 4.69) is 5.32 Å². The molecule has 3 rings (SSSR count). The second-order valence-corrected chi connectivity index (χ2v) is 5.79. The van der Waals surface area contributed by atoms with Crippen molar-refractivity contribution in [1.82, 2.24) is 0 Å². The molecule has 1 aliphatic rings. The van der Waals surface area contributed by atoms with Crippen molar-refractivity contribution in [2.24, 2.45) is 0 Å². The van der Waals surface area contributed by atoms with Crippen molar-refractivity contribution < 1.29 is 14.3 Å². The summed E-state index contributed by atoms with van der Waals surface area (Å²) < 4.78 is 5.47. The highest BCUT2D eigenvalue weighted by Gasteiger charge is 2.25. The highest BCUT2D eigenvalue weighted by Crippen LogP contribution is 2.34. The van der Waals surface area contributed by atoms with Crippen LogP contribution in [0.2, 0.25) is 0 Å². The van der Waals surface area contributed by atoms with Crippen molar-refractivity contribution in [1.29, 1.82) is 0 Å². The lowest BCUT2D eigenvalue weighted by atomic mass is 10.1. The Morgan fingerprint density at radius 2 is 2.04 bits per heavy atom. The Kier molecular flexibility index (Phi) is 4.51. The molecule has 5 nitrogen and oxygen atoms in total. The maximum Gasteiger partial charge on any atom is 0.265 e. The van der Waals surface area contributed by atoms with Gasteiger partial charge in [0.1, 0.15) is 5.75 Å². The van der Waals surface area contributed by atoms with E-state index in [0.29, 0.717) is 29.2 Å². The second-order valence-electron chi connectivity index (χ2n) is 5.79. The van der Waals surface area contributed by atoms with Crippen LogP contribution in [0.25, 0.3) is 0 Å². The molecule has 0 bridgehead atoms. The van der Waals surface area contributed by atoms with Crippen LogP contribution in [-0.4, -0.2) is 25.0 Å². The predicted octanol–water partition coefficient (Wildman–Crippen LogP) is 3.38. The fourth-order valence-corrected chi connectivity index (χ4v) is 2.77. The average Bonchev–Trinajstić information content (AvgIpc) is 2.58. The molecule has 0 atom stereocenters. The third-order valence-corrected chi connectivity index (χ3v) is 4.00. The fraction of sp³-hybridized carbons (Fsp3) is 0.263. The normalized spacial score (nSPS) is 13.2. The summed E-state index contributed by atoms with van der Waals surface area (Å²) in [5, 5.41) is 2.89. The van der Waals surface area contributed by atoms with Gasteiger partial charge in [0.05, 0.1) is 5.69 Å². The van der Waals surface area contributed by atoms with Gasteiger partial charge in [0.25, 0.3) is 11.8 Å². The zero-order chi connectivity index (χ0) is 17.1. The van der Waals surface area contributed by atoms with E-state index in [1.165, 1.54) is 0 Å². The number of rotatable bonds is 4. The number of amides is 2. The molecule has 1 aliphatic heterocycles. The second kappa shape index (κ2) is 6.74. The number of anilines is 2. The van der Waals surface area contributed by atoms with Crippen molar-refractivity contribution in [3.05, 3.63) is 53.6 Å². The molecule has 24 heavy (non-hydrogen) atoms. The lowest BCUT2D eigenvalue weighted by Gasteiger charge is -2.29. The van der Waals surface area contributed by atoms with Crippen molar-refractivity contribution in [3.63, 3.8) is 0 Å². The monoisotopic (exact) mass is 324 g/mol. The van der Waals surface area contributed by atoms with Gasteiger partial charge in [0.15, 0.2) is 6.61 Å². The number of benzene rings is 2. The van der Waals surface area contributed by atoms with Crippen LogP contribution in [0.3, 0.4) is 0 Å². The Morgan fingerprint density at radius 1 is 1.25 bits per heavy atom. The largest absolute Gasteiger partial charge is 0.482 e. The van der Waals surface area contributed by atoms with E-state index in [1.807, 2.05) is 32.0 Å². The molecule has 0 saturated carbocycles. The molecule has 0 spiro atoms. The van der Waals surface area contributed by atoms with Crippen LogP contribution in [-0.2, 0) is 4.79 Å². The van der Waals surface area contributed by atoms with Gasteiger partial charge in [-0.2, -0.15) is 0 Å². The van der Waals surface area contributed by atoms with Gasteiger partial charge in [-0.1, -0.05) is 25.1 Å². The summed E-state index contributed by atoms with van der Waals surface area (Å²) in [7, 11) is 0. The van der Waals surface area contributed by atoms with Gasteiger partial charge in [-0.15, -0.1) is 0 Å². The minimum Gasteiger partial charge on any atom is -0.482 e. The Labute approximate surface area is 141 Å². The average molecular weight is 324 g/mol. The topological polar surface area (TPSA) is 58.6 Å². The fourth-order valence-electron chi connectivity index (χ4n) is 2.77. The molecule has 0 radical (unpaired) electrons. The maximum absolute atomic E-state index is 12.5. The molecule has 1 heterocycles. The molecule has 2 aromatic carbocycles. The maximum atomic E-state index is 12.5. The number of fused-ring (bicyclic) bond motifs is 1. The number of nitrogens with zero attached hydrogens (tertiary/aromatic N) is 1. The van der Waals surface area contributed by atoms with E-state index in [1.54, 1.807) is 29.2 Å². The minimum absolute atomic E-state index is 0.0575. The van der Waals surface area contributed by atoms with Gasteiger partial charge in [0.2, 0.25) is 0 Å². The van der Waals surface area contributed by atoms with Gasteiger partial charge >= 0.3 is 0 Å². The summed E-state index contributed by atoms with van der Waals surface area (Å²) in [4.78, 5) is 26.2. The summed E-state index contributed by atoms with van der Waals surface area (Å²) in [6, 6.07) is 12.8. The first kappa shape index (κ1) is 16.1. The van der Waals surface area contributed by atoms with Gasteiger partial charge in [-0.05, 0) is 43.2 Å². The van der Waals surface area contributed by atoms with Crippen LogP contribution < -0.4 is 15.0 Å². The predicted molar refractivity (Wildman–Crippen MR) is 93.7 cm³/mol. The highest BCUT2D eigenvalue weighted by molar-refractivity contribution is 6.06. The third-order valence-electron chi connectivity index (χ3n) is 4.00. The summed E-state index contributed by atoms with van der Waals surface area (Å²) in [5.74, 6) is 0.432. The number of nitrogens with one attached hydrogen (secondary N) is 1. The quantitative estimate of drug-likeness (QED) is 0.938. The summed E-state index contributed by atoms with van der Waals surface area (Å²) in [5.41, 5.74) is 2.89. The van der Waals surface area contributed by atoms with E-state index >= 15 is 0 Å². The van der Waals surface area contributed by atoms with Crippen LogP contribution in [0, 0.1) is 6.92 Å². The molecule has 0 aliphatic carbocycles. The molecular formula is C19H20N2O3. The summed E-state index contributed by atoms with van der Waals surface area (Å²) in [6.45, 7) is 4.61. The first-order chi connectivity index (χ1) is 11.6. The standard InChI is InChI=1S/C19H20N2O3/c1-3-10-21-16-11-14(8-9-17(16)24-12-18(21)22)20-19(23)15-7-5-4-6-13(15)2/h4-9,11H,3,10,12H2,1-2H3,(H,20,23). The third kappa shape index (κ3) is 3.11. The number of hydrogen-bond acceptors (Lipinski definition) is 3. The Hall–Kier alpha value is -2.82. The Bertz CT molecular complexity index is 786. The van der Waals surface area contributed by atoms with Crippen molar-refractivity contribution in [3.8, 4) is 5.75 Å². The van der Waals surface area contributed by atoms with Crippen molar-refractivity contribution >= 4 is 23.2 Å². The molecule has 1 N–H and O–H groups in total. The van der Waals surface area contributed by atoms with E-state index in [0.717, 1.165) is 12.0 Å². The zero-order valence-electron chi connectivity index (χ0n) is 13.8. The Morgan fingerprint density at radius 3 is 2.79 bits per heavy atom. The van der Waals surface area contributed by atoms with Crippen molar-refractivity contribution in [2.75, 3.05) is 23.4 Å². The van der Waals surface area contributed by atoms with Gasteiger partial charge in [-0.3, -0.25) is 9.59 Å². The van der Waals surface area contributed by atoms with E-state index < -0.39 is 0 Å². The van der Waals surface area contributed by atoms with E-state index in [9.17, 15) is 9.59 Å². The number of carbonyl (C=O) groups excluding carboxylic acids is 2. The van der Waals surface area contributed by atoms with Gasteiger partial charge in [0, 0.05) is 17.8 Å². The lowest BCUT2D eigenvalue weighted by molar-refractivity contribution is -0.121. The summed E-state index contributed by atoms with van der Waals surface area (Å²) in [6.07, 6.45) is 0.852. The van der Waals surface area contributed by atoms with E-state index in [4.69, 9.17) is 4.74 Å². The molecule has 124 valence electrons. The molecule has 0 aromatic heterocycles. The summed E-state index contributed by atoms with van der Waals surface area (Å²) >= 11 is 0. The SMILES string of the molecule is CCCN1C(=O)COc2ccc(NC(=O)c3ccccc3C)cc21. The molecule has 0 fully saturated rings. The molecular weight excluding hydrogens is 304 g/mol. The number of carbonyl (C=O) groups is 2. The first-order valence-corrected chi connectivity index (χ1v) is 8.04. The number of aryl methyl sites for hydroxylation is 1. The smallest absolute Gasteiger partial charge is 0.265 e. The molecule has 5 heteroatoms. The minimum atomic E-state index is -0.168. The highest BCUT2D eigenvalue weighted by atomic mass is 16.5. The molecule has 2 amide bonds. The molecule has 0 saturated heterocycles. The Balaban J connectivity index is 1.87. The van der Waals surface area contributed by atoms with Crippen LogP contribution in [0.1, 0.15) is 29.3 Å². The number of ether oxygens (including phenoxy) is 1.